The second kappa shape index (κ2) is 10.8. The van der Waals surface area contributed by atoms with Crippen LogP contribution in [0.25, 0.3) is 0 Å². The zero-order valence-corrected chi connectivity index (χ0v) is 18.9. The largest absolute Gasteiger partial charge is 0.494 e. The molecule has 0 amide bonds. The molecule has 1 heterocycles. The highest BCUT2D eigenvalue weighted by Gasteiger charge is 2.30. The predicted molar refractivity (Wildman–Crippen MR) is 125 cm³/mol. The molecule has 0 aliphatic carbocycles. The second-order valence-electron chi connectivity index (χ2n) is 8.23. The highest BCUT2D eigenvalue weighted by molar-refractivity contribution is 5.61. The van der Waals surface area contributed by atoms with E-state index < -0.39 is 0 Å². The van der Waals surface area contributed by atoms with Crippen molar-refractivity contribution in [1.82, 2.24) is 0 Å². The molecule has 31 heavy (non-hydrogen) atoms. The molecule has 0 spiro atoms. The molecule has 5 heteroatoms. The topological polar surface area (TPSA) is 71.5 Å². The first-order chi connectivity index (χ1) is 15.0. The number of anilines is 1. The third-order valence-corrected chi connectivity index (χ3v) is 5.70. The average Bonchev–Trinajstić information content (AvgIpc) is 2.77. The molecule has 164 valence electrons. The van der Waals surface area contributed by atoms with Gasteiger partial charge in [-0.25, -0.2) is 0 Å². The Balaban J connectivity index is 1.72. The van der Waals surface area contributed by atoms with Crippen LogP contribution in [0.1, 0.15) is 62.5 Å². The van der Waals surface area contributed by atoms with Crippen LogP contribution in [-0.4, -0.2) is 20.7 Å². The quantitative estimate of drug-likeness (QED) is 0.499. The number of ether oxygens (including phenoxy) is 2. The lowest BCUT2D eigenvalue weighted by Crippen LogP contribution is -2.21. The van der Waals surface area contributed by atoms with Gasteiger partial charge in [-0.3, -0.25) is 0 Å². The number of fused-ring (bicyclic) bond motifs is 1. The van der Waals surface area contributed by atoms with Crippen LogP contribution in [-0.2, 0) is 0 Å². The average molecular weight is 420 g/mol. The Hall–Kier alpha value is -3.13. The summed E-state index contributed by atoms with van der Waals surface area (Å²) in [5.74, 6) is 1.45. The maximum atomic E-state index is 9.74. The maximum Gasteiger partial charge on any atom is 0.205 e. The maximum absolute atomic E-state index is 9.74. The molecule has 3 rings (SSSR count). The van der Waals surface area contributed by atoms with E-state index in [2.05, 4.69) is 13.0 Å². The number of nitrogens with two attached hydrogens (primary N) is 1. The monoisotopic (exact) mass is 419 g/mol. The Morgan fingerprint density at radius 1 is 1.03 bits per heavy atom. The summed E-state index contributed by atoms with van der Waals surface area (Å²) in [5.41, 5.74) is 9.50. The summed E-state index contributed by atoms with van der Waals surface area (Å²) in [6.45, 7) is 2.96. The van der Waals surface area contributed by atoms with E-state index in [1.807, 2.05) is 61.5 Å². The molecule has 0 aromatic heterocycles. The molecule has 1 aliphatic heterocycles. The van der Waals surface area contributed by atoms with Crippen molar-refractivity contribution in [2.75, 3.05) is 25.6 Å². The highest BCUT2D eigenvalue weighted by atomic mass is 16.5. The Bertz CT molecular complexity index is 942. The van der Waals surface area contributed by atoms with Gasteiger partial charge in [0, 0.05) is 31.4 Å². The third-order valence-electron chi connectivity index (χ3n) is 5.70. The van der Waals surface area contributed by atoms with Gasteiger partial charge in [-0.15, -0.1) is 0 Å². The summed E-state index contributed by atoms with van der Waals surface area (Å²) >= 11 is 0. The Morgan fingerprint density at radius 3 is 2.42 bits per heavy atom. The molecule has 1 atom stereocenters. The molecule has 1 unspecified atom stereocenters. The molecule has 0 saturated carbocycles. The number of rotatable bonds is 10. The summed E-state index contributed by atoms with van der Waals surface area (Å²) in [5, 5.41) is 9.74. The van der Waals surface area contributed by atoms with Crippen LogP contribution >= 0.6 is 0 Å². The molecule has 0 saturated heterocycles. The fourth-order valence-corrected chi connectivity index (χ4v) is 3.89. The first kappa shape index (κ1) is 22.6. The van der Waals surface area contributed by atoms with Crippen LogP contribution in [0.4, 0.5) is 5.69 Å². The molecule has 0 bridgehead atoms. The number of allylic oxidation sites excluding steroid dienone is 1. The van der Waals surface area contributed by atoms with Crippen molar-refractivity contribution in [2.45, 2.75) is 51.4 Å². The van der Waals surface area contributed by atoms with Gasteiger partial charge < -0.3 is 20.1 Å². The van der Waals surface area contributed by atoms with Crippen molar-refractivity contribution < 1.29 is 9.47 Å². The molecule has 2 N–H and O–H groups in total. The van der Waals surface area contributed by atoms with Crippen molar-refractivity contribution in [3.8, 4) is 17.6 Å². The lowest BCUT2D eigenvalue weighted by Gasteiger charge is -2.27. The summed E-state index contributed by atoms with van der Waals surface area (Å²) < 4.78 is 11.7. The molecule has 1 aliphatic rings. The van der Waals surface area contributed by atoms with Gasteiger partial charge in [0.1, 0.15) is 23.1 Å². The van der Waals surface area contributed by atoms with Crippen LogP contribution in [0.3, 0.4) is 0 Å². The second-order valence-corrected chi connectivity index (χ2v) is 8.23. The SMILES string of the molecule is CCCCCCCCOc1ccc(C2C(C#N)=C(N)Oc3cc(N(C)C)ccc32)cc1. The van der Waals surface area contributed by atoms with Crippen LogP contribution in [0.5, 0.6) is 11.5 Å². The van der Waals surface area contributed by atoms with E-state index in [-0.39, 0.29) is 11.8 Å². The van der Waals surface area contributed by atoms with Gasteiger partial charge in [-0.1, -0.05) is 57.2 Å². The summed E-state index contributed by atoms with van der Waals surface area (Å²) in [6, 6.07) is 16.2. The number of nitrogens with zero attached hydrogens (tertiary/aromatic N) is 2. The summed E-state index contributed by atoms with van der Waals surface area (Å²) in [7, 11) is 3.96. The van der Waals surface area contributed by atoms with Gasteiger partial charge >= 0.3 is 0 Å². The molecule has 5 nitrogen and oxygen atoms in total. The van der Waals surface area contributed by atoms with E-state index in [0.717, 1.165) is 35.6 Å². The van der Waals surface area contributed by atoms with E-state index in [0.29, 0.717) is 11.3 Å². The van der Waals surface area contributed by atoms with Crippen LogP contribution in [0.2, 0.25) is 0 Å². The fraction of sp³-hybridized carbons (Fsp3) is 0.423. The van der Waals surface area contributed by atoms with Gasteiger partial charge in [-0.05, 0) is 30.2 Å². The molecule has 0 fully saturated rings. The number of hydrogen-bond donors (Lipinski definition) is 1. The zero-order valence-electron chi connectivity index (χ0n) is 18.9. The minimum Gasteiger partial charge on any atom is -0.494 e. The zero-order chi connectivity index (χ0) is 22.2. The van der Waals surface area contributed by atoms with Crippen molar-refractivity contribution in [3.05, 3.63) is 65.0 Å². The van der Waals surface area contributed by atoms with Crippen molar-refractivity contribution >= 4 is 5.69 Å². The number of unbranched alkanes of at least 4 members (excludes halogenated alkanes) is 5. The number of hydrogen-bond acceptors (Lipinski definition) is 5. The minimum absolute atomic E-state index is 0.166. The fourth-order valence-electron chi connectivity index (χ4n) is 3.89. The highest BCUT2D eigenvalue weighted by Crippen LogP contribution is 2.43. The normalized spacial score (nSPS) is 15.1. The molecule has 2 aromatic rings. The van der Waals surface area contributed by atoms with E-state index in [1.54, 1.807) is 0 Å². The van der Waals surface area contributed by atoms with Gasteiger partial charge in [-0.2, -0.15) is 5.26 Å². The molecule has 2 aromatic carbocycles. The summed E-state index contributed by atoms with van der Waals surface area (Å²) in [6.07, 6.45) is 7.46. The molecule has 0 radical (unpaired) electrons. The van der Waals surface area contributed by atoms with E-state index in [9.17, 15) is 5.26 Å². The van der Waals surface area contributed by atoms with Gasteiger partial charge in [0.15, 0.2) is 0 Å². The van der Waals surface area contributed by atoms with Crippen LogP contribution < -0.4 is 20.1 Å². The van der Waals surface area contributed by atoms with Crippen molar-refractivity contribution in [2.24, 2.45) is 5.73 Å². The third kappa shape index (κ3) is 5.52. The van der Waals surface area contributed by atoms with Crippen LogP contribution in [0.15, 0.2) is 53.9 Å². The van der Waals surface area contributed by atoms with Gasteiger partial charge in [0.25, 0.3) is 0 Å². The predicted octanol–water partition coefficient (Wildman–Crippen LogP) is 5.71. The first-order valence-electron chi connectivity index (χ1n) is 11.2. The van der Waals surface area contributed by atoms with Gasteiger partial charge in [0.05, 0.1) is 12.5 Å². The van der Waals surface area contributed by atoms with Crippen LogP contribution in [0, 0.1) is 11.3 Å². The summed E-state index contributed by atoms with van der Waals surface area (Å²) in [4.78, 5) is 2.01. The van der Waals surface area contributed by atoms with Gasteiger partial charge in [0.2, 0.25) is 5.88 Å². The van der Waals surface area contributed by atoms with E-state index in [1.165, 1.54) is 32.1 Å². The standard InChI is InChI=1S/C26H33N3O2/c1-4-5-6-7-8-9-16-30-21-13-10-19(11-14-21)25-22-15-12-20(29(2)3)17-24(22)31-26(28)23(25)18-27/h10-15,17,25H,4-9,16,28H2,1-3H3. The number of nitriles is 1. The Labute approximate surface area is 186 Å². The Kier molecular flexibility index (Phi) is 7.83. The molecular weight excluding hydrogens is 386 g/mol. The van der Waals surface area contributed by atoms with Crippen molar-refractivity contribution in [1.29, 1.82) is 5.26 Å². The first-order valence-corrected chi connectivity index (χ1v) is 11.2. The van der Waals surface area contributed by atoms with E-state index >= 15 is 0 Å². The number of benzene rings is 2. The Morgan fingerprint density at radius 2 is 1.74 bits per heavy atom. The smallest absolute Gasteiger partial charge is 0.205 e. The van der Waals surface area contributed by atoms with Crippen molar-refractivity contribution in [3.63, 3.8) is 0 Å². The minimum atomic E-state index is -0.252. The lowest BCUT2D eigenvalue weighted by molar-refractivity contribution is 0.304. The molecular formula is C26H33N3O2. The lowest BCUT2D eigenvalue weighted by atomic mass is 9.83. The van der Waals surface area contributed by atoms with E-state index in [4.69, 9.17) is 15.2 Å².